The van der Waals surface area contributed by atoms with Crippen LogP contribution in [0.1, 0.15) is 59.2 Å². The molecule has 1 N–H and O–H groups in total. The Morgan fingerprint density at radius 2 is 1.78 bits per heavy atom. The number of ether oxygens (including phenoxy) is 2. The molecule has 1 aliphatic heterocycles. The Balaban J connectivity index is 1.74. The van der Waals surface area contributed by atoms with Gasteiger partial charge in [-0.1, -0.05) is 36.4 Å². The Kier molecular flexibility index (Phi) is 11.1. The standard InChI is InChI=1S/C32H37F2N2O8P/c1-5-43-45(40,44-6-2)15-14-32(3)26(41-4)19-36-18-24(31(39)35-17-22-12-13-23(33)16-25(22)34)28(37)29(27(36)30(32)38)42-20-21-10-8-7-9-11-21/h7-13,16,18,26H,5-6,14-15,17,19-20H2,1-4H3,(H,35,39). The molecular formula is C32H37F2N2O8P. The van der Waals surface area contributed by atoms with Gasteiger partial charge in [0.05, 0.1) is 37.4 Å². The third kappa shape index (κ3) is 7.58. The summed E-state index contributed by atoms with van der Waals surface area (Å²) in [6.45, 7) is 5.03. The van der Waals surface area contributed by atoms with Crippen LogP contribution in [0.2, 0.25) is 0 Å². The SMILES string of the molecule is CCOP(=O)(CCC1(C)C(=O)c2c(OCc3ccccc3)c(=O)c(C(=O)NCc3ccc(F)cc3F)cn2CC1OC)OCC. The summed E-state index contributed by atoms with van der Waals surface area (Å²) in [5.41, 5.74) is -1.77. The number of hydrogen-bond acceptors (Lipinski definition) is 8. The van der Waals surface area contributed by atoms with Crippen LogP contribution in [-0.4, -0.2) is 48.8 Å². The molecule has 0 fully saturated rings. The van der Waals surface area contributed by atoms with Crippen LogP contribution in [0, 0.1) is 17.0 Å². The number of amides is 1. The van der Waals surface area contributed by atoms with E-state index in [1.807, 2.05) is 6.07 Å². The number of halogens is 2. The van der Waals surface area contributed by atoms with Gasteiger partial charge in [-0.25, -0.2) is 8.78 Å². The summed E-state index contributed by atoms with van der Waals surface area (Å²) in [6, 6.07) is 11.9. The van der Waals surface area contributed by atoms with Gasteiger partial charge >= 0.3 is 7.60 Å². The van der Waals surface area contributed by atoms with Crippen molar-refractivity contribution in [3.63, 3.8) is 0 Å². The Morgan fingerprint density at radius 3 is 2.40 bits per heavy atom. The number of fused-ring (bicyclic) bond motifs is 1. The molecule has 45 heavy (non-hydrogen) atoms. The van der Waals surface area contributed by atoms with E-state index >= 15 is 0 Å². The topological polar surface area (TPSA) is 122 Å². The van der Waals surface area contributed by atoms with E-state index in [1.54, 1.807) is 45.0 Å². The van der Waals surface area contributed by atoms with E-state index in [0.29, 0.717) is 11.6 Å². The van der Waals surface area contributed by atoms with Crippen LogP contribution in [0.3, 0.4) is 0 Å². The summed E-state index contributed by atoms with van der Waals surface area (Å²) in [5.74, 6) is -3.29. The first-order valence-corrected chi connectivity index (χ1v) is 16.3. The molecule has 0 radical (unpaired) electrons. The van der Waals surface area contributed by atoms with Crippen molar-refractivity contribution in [3.8, 4) is 5.75 Å². The zero-order valence-corrected chi connectivity index (χ0v) is 26.5. The molecule has 13 heteroatoms. The third-order valence-corrected chi connectivity index (χ3v) is 9.89. The predicted octanol–water partition coefficient (Wildman–Crippen LogP) is 5.51. The second-order valence-electron chi connectivity index (χ2n) is 10.8. The summed E-state index contributed by atoms with van der Waals surface area (Å²) in [5, 5.41) is 2.49. The third-order valence-electron chi connectivity index (χ3n) is 7.81. The van der Waals surface area contributed by atoms with Crippen LogP contribution in [0.4, 0.5) is 8.78 Å². The van der Waals surface area contributed by atoms with E-state index in [9.17, 15) is 27.7 Å². The summed E-state index contributed by atoms with van der Waals surface area (Å²) in [6.07, 6.45) is 0.488. The number of nitrogens with zero attached hydrogens (tertiary/aromatic N) is 1. The smallest absolute Gasteiger partial charge is 0.330 e. The van der Waals surface area contributed by atoms with E-state index < -0.39 is 47.9 Å². The van der Waals surface area contributed by atoms with Crippen molar-refractivity contribution < 1.29 is 41.5 Å². The number of methoxy groups -OCH3 is 1. The van der Waals surface area contributed by atoms with Gasteiger partial charge in [-0.2, -0.15) is 0 Å². The average Bonchev–Trinajstić information content (AvgIpc) is 3.01. The molecule has 0 saturated heterocycles. The minimum absolute atomic E-state index is 0.0187. The number of Topliss-reactive ketones (excluding diaryl/α,β-unsaturated/α-hetero) is 1. The molecule has 0 aliphatic carbocycles. The lowest BCUT2D eigenvalue weighted by Crippen LogP contribution is -2.50. The van der Waals surface area contributed by atoms with E-state index in [-0.39, 0.29) is 68.1 Å². The van der Waals surface area contributed by atoms with Gasteiger partial charge < -0.3 is 28.4 Å². The number of aromatic nitrogens is 1. The van der Waals surface area contributed by atoms with Crippen molar-refractivity contribution in [2.45, 2.75) is 53.0 Å². The highest BCUT2D eigenvalue weighted by Gasteiger charge is 2.49. The number of nitrogens with one attached hydrogen (secondary N) is 1. The van der Waals surface area contributed by atoms with Crippen LogP contribution in [0.15, 0.2) is 59.5 Å². The van der Waals surface area contributed by atoms with Gasteiger partial charge in [-0.3, -0.25) is 18.9 Å². The monoisotopic (exact) mass is 646 g/mol. The molecule has 2 unspecified atom stereocenters. The van der Waals surface area contributed by atoms with Crippen LogP contribution in [-0.2, 0) is 38.0 Å². The molecular weight excluding hydrogens is 609 g/mol. The van der Waals surface area contributed by atoms with Crippen LogP contribution >= 0.6 is 7.60 Å². The van der Waals surface area contributed by atoms with Gasteiger partial charge in [0, 0.05) is 31.5 Å². The number of carbonyl (C=O) groups excluding carboxylic acids is 2. The molecule has 1 aromatic heterocycles. The van der Waals surface area contributed by atoms with Gasteiger partial charge in [-0.05, 0) is 38.8 Å². The number of benzene rings is 2. The number of pyridine rings is 1. The quantitative estimate of drug-likeness (QED) is 0.228. The maximum absolute atomic E-state index is 14.3. The lowest BCUT2D eigenvalue weighted by atomic mass is 9.73. The fraction of sp³-hybridized carbons (Fsp3) is 0.406. The second kappa shape index (κ2) is 14.6. The summed E-state index contributed by atoms with van der Waals surface area (Å²) in [4.78, 5) is 41.4. The highest BCUT2D eigenvalue weighted by Crippen LogP contribution is 2.52. The highest BCUT2D eigenvalue weighted by molar-refractivity contribution is 7.53. The molecule has 2 atom stereocenters. The van der Waals surface area contributed by atoms with Gasteiger partial charge in [0.2, 0.25) is 5.43 Å². The number of carbonyl (C=O) groups is 2. The van der Waals surface area contributed by atoms with Crippen molar-refractivity contribution in [3.05, 3.63) is 99.0 Å². The molecule has 10 nitrogen and oxygen atoms in total. The van der Waals surface area contributed by atoms with Crippen LogP contribution in [0.25, 0.3) is 0 Å². The Hall–Kier alpha value is -3.70. The van der Waals surface area contributed by atoms with E-state index in [0.717, 1.165) is 6.07 Å². The number of ketones is 1. The Bertz CT molecular complexity index is 1640. The summed E-state index contributed by atoms with van der Waals surface area (Å²) >= 11 is 0. The molecule has 3 aromatic rings. The number of hydrogen-bond donors (Lipinski definition) is 1. The molecule has 0 spiro atoms. The fourth-order valence-corrected chi connectivity index (χ4v) is 7.17. The molecule has 1 amide bonds. The molecule has 242 valence electrons. The Labute approximate surface area is 260 Å². The Morgan fingerprint density at radius 1 is 1.09 bits per heavy atom. The van der Waals surface area contributed by atoms with Crippen molar-refractivity contribution in [1.82, 2.24) is 9.88 Å². The molecule has 2 aromatic carbocycles. The van der Waals surface area contributed by atoms with Crippen molar-refractivity contribution in [1.29, 1.82) is 0 Å². The summed E-state index contributed by atoms with van der Waals surface area (Å²) < 4.78 is 64.8. The molecule has 0 saturated carbocycles. The largest absolute Gasteiger partial charge is 0.483 e. The van der Waals surface area contributed by atoms with Crippen molar-refractivity contribution in [2.75, 3.05) is 26.5 Å². The molecule has 4 rings (SSSR count). The zero-order valence-electron chi connectivity index (χ0n) is 25.6. The first kappa shape index (κ1) is 34.2. The first-order valence-electron chi connectivity index (χ1n) is 14.6. The summed E-state index contributed by atoms with van der Waals surface area (Å²) in [7, 11) is -2.08. The maximum atomic E-state index is 14.3. The molecule has 1 aliphatic rings. The molecule has 2 heterocycles. The minimum atomic E-state index is -3.52. The normalized spacial score (nSPS) is 18.0. The van der Waals surface area contributed by atoms with E-state index in [1.165, 1.54) is 23.9 Å². The van der Waals surface area contributed by atoms with Gasteiger partial charge in [0.15, 0.2) is 11.5 Å². The minimum Gasteiger partial charge on any atom is -0.483 e. The highest BCUT2D eigenvalue weighted by atomic mass is 31.2. The van der Waals surface area contributed by atoms with Crippen LogP contribution in [0.5, 0.6) is 5.75 Å². The van der Waals surface area contributed by atoms with Crippen molar-refractivity contribution in [2.24, 2.45) is 5.41 Å². The van der Waals surface area contributed by atoms with Gasteiger partial charge in [0.25, 0.3) is 5.91 Å². The van der Waals surface area contributed by atoms with Crippen molar-refractivity contribution >= 4 is 19.3 Å². The maximum Gasteiger partial charge on any atom is 0.330 e. The van der Waals surface area contributed by atoms with E-state index in [4.69, 9.17) is 18.5 Å². The second-order valence-corrected chi connectivity index (χ2v) is 13.0. The fourth-order valence-electron chi connectivity index (χ4n) is 5.31. The lowest BCUT2D eigenvalue weighted by molar-refractivity contribution is -0.0166. The molecule has 0 bridgehead atoms. The van der Waals surface area contributed by atoms with Crippen LogP contribution < -0.4 is 15.5 Å². The van der Waals surface area contributed by atoms with Gasteiger partial charge in [0.1, 0.15) is 29.5 Å². The number of rotatable bonds is 14. The first-order chi connectivity index (χ1) is 21.5. The van der Waals surface area contributed by atoms with Gasteiger partial charge in [-0.15, -0.1) is 0 Å². The zero-order chi connectivity index (χ0) is 32.8. The average molecular weight is 647 g/mol. The predicted molar refractivity (Wildman–Crippen MR) is 163 cm³/mol. The lowest BCUT2D eigenvalue weighted by Gasteiger charge is -2.41. The van der Waals surface area contributed by atoms with E-state index in [2.05, 4.69) is 5.32 Å².